The highest BCUT2D eigenvalue weighted by Gasteiger charge is 2.26. The van der Waals surface area contributed by atoms with E-state index in [4.69, 9.17) is 10.5 Å². The first-order chi connectivity index (χ1) is 13.3. The van der Waals surface area contributed by atoms with Crippen LogP contribution in [0.3, 0.4) is 0 Å². The predicted molar refractivity (Wildman–Crippen MR) is 123 cm³/mol. The zero-order chi connectivity index (χ0) is 20.1. The maximum atomic E-state index is 12.1. The normalized spacial score (nSPS) is 18.0. The van der Waals surface area contributed by atoms with Crippen LogP contribution in [0.1, 0.15) is 51.7 Å². The maximum absolute atomic E-state index is 12.1. The molecule has 0 aliphatic carbocycles. The van der Waals surface area contributed by atoms with Gasteiger partial charge in [-0.1, -0.05) is 6.42 Å². The number of rotatable bonds is 3. The molecule has 2 aliphatic rings. The molecule has 3 rings (SSSR count). The molecule has 0 spiro atoms. The van der Waals surface area contributed by atoms with E-state index < -0.39 is 5.60 Å². The number of piperazine rings is 1. The van der Waals surface area contributed by atoms with Gasteiger partial charge in [-0.3, -0.25) is 4.99 Å². The predicted octanol–water partition coefficient (Wildman–Crippen LogP) is 2.03. The Morgan fingerprint density at radius 2 is 1.76 bits per heavy atom. The number of aryl methyl sites for hydroxylation is 1. The Morgan fingerprint density at radius 1 is 1.07 bits per heavy atom. The average Bonchev–Trinajstić information content (AvgIpc) is 2.87. The molecular formula is C19H34IN7O2. The number of hydrogen-bond donors (Lipinski definition) is 1. The summed E-state index contributed by atoms with van der Waals surface area (Å²) in [5.41, 5.74) is 5.69. The molecule has 3 heterocycles. The number of aromatic nitrogens is 3. The molecule has 2 aliphatic heterocycles. The van der Waals surface area contributed by atoms with Crippen LogP contribution < -0.4 is 5.73 Å². The molecule has 1 aromatic heterocycles. The molecular weight excluding hydrogens is 485 g/mol. The van der Waals surface area contributed by atoms with Gasteiger partial charge < -0.3 is 24.8 Å². The number of hydrogen-bond acceptors (Lipinski definition) is 5. The minimum atomic E-state index is -0.478. The Kier molecular flexibility index (Phi) is 8.53. The van der Waals surface area contributed by atoms with Crippen LogP contribution in [0.25, 0.3) is 0 Å². The molecule has 0 aromatic carbocycles. The number of nitrogens with zero attached hydrogens (tertiary/aromatic N) is 6. The Morgan fingerprint density at radius 3 is 2.45 bits per heavy atom. The number of fused-ring (bicyclic) bond motifs is 1. The average molecular weight is 519 g/mol. The fourth-order valence-electron chi connectivity index (χ4n) is 3.55. The fourth-order valence-corrected chi connectivity index (χ4v) is 3.55. The highest BCUT2D eigenvalue weighted by atomic mass is 127. The van der Waals surface area contributed by atoms with Gasteiger partial charge in [-0.15, -0.1) is 34.2 Å². The van der Waals surface area contributed by atoms with Gasteiger partial charge in [0.25, 0.3) is 0 Å². The lowest BCUT2D eigenvalue weighted by Gasteiger charge is -2.36. The van der Waals surface area contributed by atoms with Crippen molar-refractivity contribution < 1.29 is 9.53 Å². The van der Waals surface area contributed by atoms with Crippen LogP contribution in [0.15, 0.2) is 4.99 Å². The van der Waals surface area contributed by atoms with Crippen LogP contribution in [0.2, 0.25) is 0 Å². The van der Waals surface area contributed by atoms with Gasteiger partial charge in [0, 0.05) is 52.1 Å². The molecule has 1 saturated heterocycles. The number of carbonyl (C=O) groups is 1. The van der Waals surface area contributed by atoms with E-state index in [1.165, 1.54) is 19.3 Å². The van der Waals surface area contributed by atoms with Crippen molar-refractivity contribution in [1.82, 2.24) is 24.6 Å². The molecule has 0 atom stereocenters. The first-order valence-corrected chi connectivity index (χ1v) is 10.3. The van der Waals surface area contributed by atoms with Crippen molar-refractivity contribution >= 4 is 36.0 Å². The van der Waals surface area contributed by atoms with E-state index in [-0.39, 0.29) is 30.1 Å². The van der Waals surface area contributed by atoms with Crippen molar-refractivity contribution in [2.75, 3.05) is 32.7 Å². The molecule has 2 N–H and O–H groups in total. The Labute approximate surface area is 190 Å². The van der Waals surface area contributed by atoms with E-state index in [0.29, 0.717) is 38.7 Å². The third kappa shape index (κ3) is 6.71. The van der Waals surface area contributed by atoms with Crippen molar-refractivity contribution in [2.45, 2.75) is 65.0 Å². The van der Waals surface area contributed by atoms with Crippen molar-refractivity contribution in [3.05, 3.63) is 11.6 Å². The van der Waals surface area contributed by atoms with E-state index in [1.54, 1.807) is 4.90 Å². The van der Waals surface area contributed by atoms with E-state index in [9.17, 15) is 4.79 Å². The number of nitrogens with two attached hydrogens (primary N) is 1. The van der Waals surface area contributed by atoms with Crippen molar-refractivity contribution in [3.8, 4) is 0 Å². The zero-order valence-corrected chi connectivity index (χ0v) is 20.1. The summed E-state index contributed by atoms with van der Waals surface area (Å²) in [6.07, 6.45) is 5.12. The molecule has 10 heteroatoms. The summed E-state index contributed by atoms with van der Waals surface area (Å²) >= 11 is 0. The second-order valence-electron chi connectivity index (χ2n) is 8.44. The lowest BCUT2D eigenvalue weighted by atomic mass is 10.2. The highest BCUT2D eigenvalue weighted by Crippen LogP contribution is 2.15. The van der Waals surface area contributed by atoms with Crippen LogP contribution in [0, 0.1) is 0 Å². The van der Waals surface area contributed by atoms with Gasteiger partial charge >= 0.3 is 6.09 Å². The first-order valence-electron chi connectivity index (χ1n) is 10.3. The SMILES string of the molecule is CC(C)(C)OC(=O)N1CCN(C(N)=NCCc2nnc3n2CCCCC3)CC1.I. The molecule has 29 heavy (non-hydrogen) atoms. The number of guanidine groups is 1. The third-order valence-corrected chi connectivity index (χ3v) is 5.05. The molecule has 1 amide bonds. The summed E-state index contributed by atoms with van der Waals surface area (Å²) < 4.78 is 7.67. The molecule has 164 valence electrons. The molecule has 0 saturated carbocycles. The quantitative estimate of drug-likeness (QED) is 0.373. The number of carbonyl (C=O) groups excluding carboxylic acids is 1. The van der Waals surface area contributed by atoms with E-state index in [1.807, 2.05) is 25.7 Å². The molecule has 0 unspecified atom stereocenters. The van der Waals surface area contributed by atoms with E-state index in [2.05, 4.69) is 19.8 Å². The Bertz CT molecular complexity index is 706. The summed E-state index contributed by atoms with van der Waals surface area (Å²) in [5, 5.41) is 8.67. The summed E-state index contributed by atoms with van der Waals surface area (Å²) in [4.78, 5) is 20.4. The summed E-state index contributed by atoms with van der Waals surface area (Å²) in [5.74, 6) is 2.63. The second-order valence-corrected chi connectivity index (χ2v) is 8.44. The van der Waals surface area contributed by atoms with Crippen LogP contribution in [-0.4, -0.2) is 74.9 Å². The Hall–Kier alpha value is -1.59. The van der Waals surface area contributed by atoms with Gasteiger partial charge in [-0.2, -0.15) is 0 Å². The van der Waals surface area contributed by atoms with Crippen molar-refractivity contribution in [3.63, 3.8) is 0 Å². The third-order valence-electron chi connectivity index (χ3n) is 5.05. The summed E-state index contributed by atoms with van der Waals surface area (Å²) in [6.45, 7) is 9.72. The Balaban J connectivity index is 0.00000300. The summed E-state index contributed by atoms with van der Waals surface area (Å²) in [7, 11) is 0. The van der Waals surface area contributed by atoms with Gasteiger partial charge in [0.2, 0.25) is 0 Å². The molecule has 0 radical (unpaired) electrons. The monoisotopic (exact) mass is 519 g/mol. The molecule has 0 bridgehead atoms. The van der Waals surface area contributed by atoms with Crippen LogP contribution in [-0.2, 0) is 24.1 Å². The van der Waals surface area contributed by atoms with Crippen LogP contribution in [0.4, 0.5) is 4.79 Å². The number of aliphatic imine (C=N–C) groups is 1. The largest absolute Gasteiger partial charge is 0.444 e. The number of amides is 1. The van der Waals surface area contributed by atoms with Gasteiger partial charge in [0.05, 0.1) is 0 Å². The topological polar surface area (TPSA) is 102 Å². The minimum Gasteiger partial charge on any atom is -0.444 e. The minimum absolute atomic E-state index is 0. The van der Waals surface area contributed by atoms with E-state index in [0.717, 1.165) is 31.0 Å². The van der Waals surface area contributed by atoms with Crippen LogP contribution in [0.5, 0.6) is 0 Å². The van der Waals surface area contributed by atoms with Gasteiger partial charge in [-0.25, -0.2) is 4.79 Å². The van der Waals surface area contributed by atoms with Crippen LogP contribution >= 0.6 is 24.0 Å². The molecule has 9 nitrogen and oxygen atoms in total. The van der Waals surface area contributed by atoms with E-state index >= 15 is 0 Å². The van der Waals surface area contributed by atoms with Crippen molar-refractivity contribution in [2.24, 2.45) is 10.7 Å². The second kappa shape index (κ2) is 10.4. The molecule has 1 aromatic rings. The lowest BCUT2D eigenvalue weighted by Crippen LogP contribution is -2.53. The fraction of sp³-hybridized carbons (Fsp3) is 0.789. The van der Waals surface area contributed by atoms with Gasteiger partial charge in [0.15, 0.2) is 5.96 Å². The maximum Gasteiger partial charge on any atom is 0.410 e. The van der Waals surface area contributed by atoms with Crippen molar-refractivity contribution in [1.29, 1.82) is 0 Å². The smallest absolute Gasteiger partial charge is 0.410 e. The standard InChI is InChI=1S/C19H33N7O2.HI/c1-19(2,3)28-18(27)25-13-11-24(12-14-25)17(20)21-9-8-16-23-22-15-7-5-4-6-10-26(15)16;/h4-14H2,1-3H3,(H2,20,21);1H. The first kappa shape index (κ1) is 23.7. The van der Waals surface area contributed by atoms with Gasteiger partial charge in [0.1, 0.15) is 17.2 Å². The lowest BCUT2D eigenvalue weighted by molar-refractivity contribution is 0.0186. The summed E-state index contributed by atoms with van der Waals surface area (Å²) in [6, 6.07) is 0. The highest BCUT2D eigenvalue weighted by molar-refractivity contribution is 14.0. The van der Waals surface area contributed by atoms with Gasteiger partial charge in [-0.05, 0) is 33.6 Å². The molecule has 1 fully saturated rings. The zero-order valence-electron chi connectivity index (χ0n) is 17.8. The number of ether oxygens (including phenoxy) is 1. The number of halogens is 1.